The summed E-state index contributed by atoms with van der Waals surface area (Å²) < 4.78 is 9.86. The normalized spacial score (nSPS) is 10.1. The number of ether oxygens (including phenoxy) is 2. The van der Waals surface area contributed by atoms with Gasteiger partial charge in [0.15, 0.2) is 0 Å². The second kappa shape index (κ2) is 10.1. The smallest absolute Gasteiger partial charge is 0.346 e. The molecule has 1 rings (SSSR count). The van der Waals surface area contributed by atoms with Crippen LogP contribution in [0.25, 0.3) is 6.08 Å². The zero-order valence-electron chi connectivity index (χ0n) is 13.0. The van der Waals surface area contributed by atoms with Crippen molar-refractivity contribution in [2.75, 3.05) is 14.2 Å². The Morgan fingerprint density at radius 2 is 1.86 bits per heavy atom. The molecule has 22 heavy (non-hydrogen) atoms. The van der Waals surface area contributed by atoms with Crippen molar-refractivity contribution < 1.29 is 14.3 Å². The van der Waals surface area contributed by atoms with E-state index in [0.29, 0.717) is 12.0 Å². The molecular weight excluding hydrogens is 276 g/mol. The van der Waals surface area contributed by atoms with Crippen LogP contribution in [0, 0.1) is 24.2 Å². The van der Waals surface area contributed by atoms with Gasteiger partial charge in [0, 0.05) is 12.8 Å². The molecule has 0 aliphatic heterocycles. The van der Waals surface area contributed by atoms with Gasteiger partial charge < -0.3 is 9.47 Å². The molecule has 0 N–H and O–H groups in total. The average molecular weight is 296 g/mol. The van der Waals surface area contributed by atoms with Gasteiger partial charge in [-0.15, -0.1) is 12.3 Å². The minimum Gasteiger partial charge on any atom is -0.497 e. The summed E-state index contributed by atoms with van der Waals surface area (Å²) in [6.07, 6.45) is 10.2. The molecule has 3 heteroatoms. The number of methoxy groups -OCH3 is 2. The van der Waals surface area contributed by atoms with Crippen LogP contribution in [0.4, 0.5) is 0 Å². The number of benzene rings is 1. The quantitative estimate of drug-likeness (QED) is 0.349. The van der Waals surface area contributed by atoms with E-state index in [1.54, 1.807) is 13.2 Å². The molecule has 3 nitrogen and oxygen atoms in total. The van der Waals surface area contributed by atoms with Crippen LogP contribution in [-0.2, 0) is 9.53 Å². The van der Waals surface area contributed by atoms with E-state index in [1.165, 1.54) is 7.11 Å². The summed E-state index contributed by atoms with van der Waals surface area (Å²) in [5, 5.41) is 0. The van der Waals surface area contributed by atoms with Crippen LogP contribution in [0.15, 0.2) is 29.8 Å². The molecule has 0 aliphatic carbocycles. The Balaban J connectivity index is 2.79. The largest absolute Gasteiger partial charge is 0.497 e. The fourth-order valence-corrected chi connectivity index (χ4v) is 1.72. The maximum absolute atomic E-state index is 11.8. The van der Waals surface area contributed by atoms with Crippen molar-refractivity contribution in [3.8, 4) is 29.9 Å². The molecular formula is C19H20O3. The first-order valence-electron chi connectivity index (χ1n) is 7.07. The Morgan fingerprint density at radius 3 is 2.45 bits per heavy atom. The van der Waals surface area contributed by atoms with Gasteiger partial charge in [-0.25, -0.2) is 4.79 Å². The first kappa shape index (κ1) is 17.4. The van der Waals surface area contributed by atoms with E-state index >= 15 is 0 Å². The van der Waals surface area contributed by atoms with Crippen molar-refractivity contribution in [1.82, 2.24) is 0 Å². The molecule has 0 saturated carbocycles. The highest BCUT2D eigenvalue weighted by Crippen LogP contribution is 2.14. The van der Waals surface area contributed by atoms with Gasteiger partial charge in [0.25, 0.3) is 0 Å². The van der Waals surface area contributed by atoms with Crippen LogP contribution in [0.3, 0.4) is 0 Å². The highest BCUT2D eigenvalue weighted by molar-refractivity contribution is 5.98. The van der Waals surface area contributed by atoms with Crippen molar-refractivity contribution in [2.45, 2.75) is 25.7 Å². The summed E-state index contributed by atoms with van der Waals surface area (Å²) in [6, 6.07) is 7.37. The number of carbonyl (C=O) groups excluding carboxylic acids is 1. The Hall–Kier alpha value is -2.65. The monoisotopic (exact) mass is 296 g/mol. The lowest BCUT2D eigenvalue weighted by Crippen LogP contribution is -2.02. The summed E-state index contributed by atoms with van der Waals surface area (Å²) in [7, 11) is 2.95. The van der Waals surface area contributed by atoms with Gasteiger partial charge in [0.05, 0.1) is 14.2 Å². The molecule has 0 amide bonds. The second-order valence-corrected chi connectivity index (χ2v) is 4.54. The highest BCUT2D eigenvalue weighted by Gasteiger charge is 2.06. The Labute approximate surface area is 132 Å². The number of rotatable bonds is 6. The predicted molar refractivity (Wildman–Crippen MR) is 88.1 cm³/mol. The summed E-state index contributed by atoms with van der Waals surface area (Å²) in [5.74, 6) is 8.78. The molecule has 0 aromatic heterocycles. The lowest BCUT2D eigenvalue weighted by atomic mass is 10.1. The Bertz CT molecular complexity index is 607. The Morgan fingerprint density at radius 1 is 1.18 bits per heavy atom. The standard InChI is InChI=1S/C19H20O3/c1-4-5-6-7-8-9-10-17(19(20)22-3)15-16-11-13-18(21-2)14-12-16/h1,11-15H,5-8H2,2-3H3/b17-15+. The van der Waals surface area contributed by atoms with Gasteiger partial charge in [0.2, 0.25) is 0 Å². The van der Waals surface area contributed by atoms with E-state index in [4.69, 9.17) is 15.9 Å². The molecule has 114 valence electrons. The molecule has 0 unspecified atom stereocenters. The van der Waals surface area contributed by atoms with Crippen molar-refractivity contribution in [3.05, 3.63) is 35.4 Å². The highest BCUT2D eigenvalue weighted by atomic mass is 16.5. The number of terminal acetylenes is 1. The molecule has 1 aromatic carbocycles. The summed E-state index contributed by atoms with van der Waals surface area (Å²) >= 11 is 0. The molecule has 0 heterocycles. The van der Waals surface area contributed by atoms with Gasteiger partial charge in [-0.1, -0.05) is 24.0 Å². The second-order valence-electron chi connectivity index (χ2n) is 4.54. The first-order chi connectivity index (χ1) is 10.7. The van der Waals surface area contributed by atoms with Crippen molar-refractivity contribution in [1.29, 1.82) is 0 Å². The van der Waals surface area contributed by atoms with Gasteiger partial charge in [-0.05, 0) is 36.6 Å². The minimum absolute atomic E-state index is 0.338. The molecule has 0 atom stereocenters. The first-order valence-corrected chi connectivity index (χ1v) is 7.07. The zero-order chi connectivity index (χ0) is 16.2. The molecule has 0 spiro atoms. The third kappa shape index (κ3) is 6.20. The molecule has 0 radical (unpaired) electrons. The van der Waals surface area contributed by atoms with Crippen LogP contribution in [0.2, 0.25) is 0 Å². The van der Waals surface area contributed by atoms with Gasteiger partial charge in [-0.2, -0.15) is 0 Å². The molecule has 0 fully saturated rings. The Kier molecular flexibility index (Phi) is 8.01. The van der Waals surface area contributed by atoms with E-state index in [1.807, 2.05) is 24.3 Å². The lowest BCUT2D eigenvalue weighted by Gasteiger charge is -2.01. The van der Waals surface area contributed by atoms with E-state index < -0.39 is 5.97 Å². The molecule has 0 aliphatic rings. The number of hydrogen-bond acceptors (Lipinski definition) is 3. The number of carbonyl (C=O) groups is 1. The van der Waals surface area contributed by atoms with Gasteiger partial charge >= 0.3 is 5.97 Å². The maximum Gasteiger partial charge on any atom is 0.346 e. The van der Waals surface area contributed by atoms with E-state index in [-0.39, 0.29) is 0 Å². The molecule has 0 saturated heterocycles. The van der Waals surface area contributed by atoms with Crippen LogP contribution in [0.5, 0.6) is 5.75 Å². The minimum atomic E-state index is -0.438. The fourth-order valence-electron chi connectivity index (χ4n) is 1.72. The van der Waals surface area contributed by atoms with Crippen LogP contribution in [0.1, 0.15) is 31.2 Å². The number of hydrogen-bond donors (Lipinski definition) is 0. The third-order valence-electron chi connectivity index (χ3n) is 2.93. The van der Waals surface area contributed by atoms with Crippen LogP contribution >= 0.6 is 0 Å². The number of esters is 1. The predicted octanol–water partition coefficient (Wildman–Crippen LogP) is 3.45. The lowest BCUT2D eigenvalue weighted by molar-refractivity contribution is -0.135. The van der Waals surface area contributed by atoms with E-state index in [2.05, 4.69) is 17.8 Å². The van der Waals surface area contributed by atoms with E-state index in [0.717, 1.165) is 30.6 Å². The van der Waals surface area contributed by atoms with Crippen LogP contribution < -0.4 is 4.74 Å². The average Bonchev–Trinajstić information content (AvgIpc) is 2.56. The summed E-state index contributed by atoms with van der Waals surface area (Å²) in [5.41, 5.74) is 1.20. The van der Waals surface area contributed by atoms with Crippen molar-refractivity contribution in [2.24, 2.45) is 0 Å². The number of unbranched alkanes of at least 4 members (excludes halogenated alkanes) is 3. The van der Waals surface area contributed by atoms with Crippen LogP contribution in [-0.4, -0.2) is 20.2 Å². The third-order valence-corrected chi connectivity index (χ3v) is 2.93. The fraction of sp³-hybridized carbons (Fsp3) is 0.316. The topological polar surface area (TPSA) is 35.5 Å². The molecule has 1 aromatic rings. The van der Waals surface area contributed by atoms with Crippen molar-refractivity contribution >= 4 is 12.0 Å². The summed E-state index contributed by atoms with van der Waals surface area (Å²) in [4.78, 5) is 11.8. The summed E-state index contributed by atoms with van der Waals surface area (Å²) in [6.45, 7) is 0. The van der Waals surface area contributed by atoms with Gasteiger partial charge in [0.1, 0.15) is 11.3 Å². The maximum atomic E-state index is 11.8. The zero-order valence-corrected chi connectivity index (χ0v) is 13.0. The molecule has 0 bridgehead atoms. The van der Waals surface area contributed by atoms with Crippen molar-refractivity contribution in [3.63, 3.8) is 0 Å². The van der Waals surface area contributed by atoms with E-state index in [9.17, 15) is 4.79 Å². The van der Waals surface area contributed by atoms with Gasteiger partial charge in [-0.3, -0.25) is 0 Å². The SMILES string of the molecule is C#CCCCCC#C/C(=C\c1ccc(OC)cc1)C(=O)OC.